The van der Waals surface area contributed by atoms with Crippen LogP contribution in [-0.4, -0.2) is 9.79 Å². The minimum Gasteiger partial charge on any atom is -0.340 e. The second-order valence-electron chi connectivity index (χ2n) is 2.83. The molecule has 0 radical (unpaired) electrons. The summed E-state index contributed by atoms with van der Waals surface area (Å²) in [5, 5.41) is -1.84. The van der Waals surface area contributed by atoms with Crippen LogP contribution in [-0.2, 0) is 25.7 Å². The third-order valence-electron chi connectivity index (χ3n) is 1.67. The van der Waals surface area contributed by atoms with Gasteiger partial charge in [0.05, 0.1) is 4.67 Å². The first-order valence-electron chi connectivity index (χ1n) is 3.97. The molecule has 0 aromatic heterocycles. The molecule has 2 atom stereocenters. The Morgan fingerprint density at radius 3 is 1.74 bits per heavy atom. The van der Waals surface area contributed by atoms with Gasteiger partial charge in [0.1, 0.15) is 5.30 Å². The molecule has 13 heteroatoms. The molecule has 2 unspecified atom stereocenters. The number of halogens is 5. The van der Waals surface area contributed by atoms with E-state index < -0.39 is 49.1 Å². The van der Waals surface area contributed by atoms with E-state index >= 15 is 0 Å². The highest BCUT2D eigenvalue weighted by molar-refractivity contribution is 8.13. The molecule has 0 amide bonds. The maximum Gasteiger partial charge on any atom is 0.726 e. The van der Waals surface area contributed by atoms with Crippen LogP contribution in [0.2, 0.25) is 0 Å². The highest BCUT2D eigenvalue weighted by Gasteiger charge is 2.37. The zero-order valence-electron chi connectivity index (χ0n) is 8.31. The fraction of sp³-hybridized carbons (Fsp3) is 0. The molecule has 0 heterocycles. The molecule has 0 saturated carbocycles. The Morgan fingerprint density at radius 2 is 1.37 bits per heavy atom. The molecule has 0 fully saturated rings. The summed E-state index contributed by atoms with van der Waals surface area (Å²) in [5.74, 6) is -12.0. The van der Waals surface area contributed by atoms with E-state index in [0.29, 0.717) is 0 Å². The number of benzene rings is 1. The number of rotatable bonds is 4. The van der Waals surface area contributed by atoms with Gasteiger partial charge in [0.2, 0.25) is 5.82 Å². The monoisotopic (exact) mass is 343 g/mol. The molecule has 0 saturated heterocycles. The molecule has 0 aliphatic rings. The zero-order valence-corrected chi connectivity index (χ0v) is 10.9. The second kappa shape index (κ2) is 5.84. The topological polar surface area (TPSA) is 76.0 Å². The first kappa shape index (κ1) is 16.5. The van der Waals surface area contributed by atoms with Crippen LogP contribution in [0.15, 0.2) is 0 Å². The average molecular weight is 343 g/mol. The SMILES string of the molecule is O=[P+](O)OOP(O)(=S)c1c(F)c(F)c(F)c(F)c1F. The van der Waals surface area contributed by atoms with E-state index in [2.05, 4.69) is 21.2 Å². The van der Waals surface area contributed by atoms with Crippen LogP contribution >= 0.6 is 14.7 Å². The van der Waals surface area contributed by atoms with E-state index in [9.17, 15) is 31.4 Å². The van der Waals surface area contributed by atoms with Crippen molar-refractivity contribution in [2.45, 2.75) is 0 Å². The zero-order chi connectivity index (χ0) is 15.0. The van der Waals surface area contributed by atoms with Crippen molar-refractivity contribution in [2.75, 3.05) is 0 Å². The highest BCUT2D eigenvalue weighted by atomic mass is 32.5. The Kier molecular flexibility index (Phi) is 5.08. The van der Waals surface area contributed by atoms with Gasteiger partial charge < -0.3 is 4.89 Å². The normalized spacial score (nSPS) is 15.2. The standard InChI is InChI=1S/C6HF5O5P2S/c7-1-2(8)4(10)6(5(11)3(1)9)18(14,19)16-15-17(12)13/h(H-,12,13,14,19)/p+1. The molecule has 1 rings (SSSR count). The summed E-state index contributed by atoms with van der Waals surface area (Å²) in [6.45, 7) is -4.88. The Balaban J connectivity index is 3.42. The van der Waals surface area contributed by atoms with E-state index in [0.717, 1.165) is 0 Å². The summed E-state index contributed by atoms with van der Waals surface area (Å²) in [6.07, 6.45) is 0. The van der Waals surface area contributed by atoms with Gasteiger partial charge in [-0.25, -0.2) is 22.0 Å². The van der Waals surface area contributed by atoms with Crippen LogP contribution in [0, 0.1) is 29.1 Å². The Bertz CT molecular complexity index is 567. The van der Waals surface area contributed by atoms with Crippen molar-refractivity contribution >= 4 is 31.9 Å². The van der Waals surface area contributed by atoms with Crippen molar-refractivity contribution in [1.29, 1.82) is 0 Å². The molecule has 0 aliphatic carbocycles. The van der Waals surface area contributed by atoms with E-state index in [1.165, 1.54) is 0 Å². The lowest BCUT2D eigenvalue weighted by atomic mass is 10.3. The first-order valence-corrected chi connectivity index (χ1v) is 7.77. The molecule has 106 valence electrons. The summed E-state index contributed by atoms with van der Waals surface area (Å²) in [5.41, 5.74) is 0. The minimum absolute atomic E-state index is 1.84. The van der Waals surface area contributed by atoms with Gasteiger partial charge >= 0.3 is 8.25 Å². The van der Waals surface area contributed by atoms with Gasteiger partial charge in [-0.05, 0) is 11.8 Å². The summed E-state index contributed by atoms with van der Waals surface area (Å²) < 4.78 is 82.1. The van der Waals surface area contributed by atoms with Crippen LogP contribution in [0.3, 0.4) is 0 Å². The molecular weight excluding hydrogens is 341 g/mol. The predicted octanol–water partition coefficient (Wildman–Crippen LogP) is 1.91. The van der Waals surface area contributed by atoms with Crippen molar-refractivity contribution in [2.24, 2.45) is 0 Å². The second-order valence-corrected chi connectivity index (χ2v) is 6.57. The summed E-state index contributed by atoms with van der Waals surface area (Å²) in [4.78, 5) is 17.5. The molecule has 0 spiro atoms. The summed E-state index contributed by atoms with van der Waals surface area (Å²) >= 11 is 4.11. The van der Waals surface area contributed by atoms with E-state index in [1.54, 1.807) is 0 Å². The van der Waals surface area contributed by atoms with Crippen LogP contribution in [0.5, 0.6) is 0 Å². The molecule has 0 aliphatic heterocycles. The maximum absolute atomic E-state index is 13.2. The third-order valence-corrected chi connectivity index (χ3v) is 3.95. The van der Waals surface area contributed by atoms with Crippen molar-refractivity contribution in [3.63, 3.8) is 0 Å². The van der Waals surface area contributed by atoms with Gasteiger partial charge in [0.25, 0.3) is 6.49 Å². The van der Waals surface area contributed by atoms with Crippen molar-refractivity contribution in [3.05, 3.63) is 29.1 Å². The average Bonchev–Trinajstić information content (AvgIpc) is 2.31. The number of hydrogen-bond acceptors (Lipinski definition) is 4. The number of hydrogen-bond donors (Lipinski definition) is 2. The fourth-order valence-electron chi connectivity index (χ4n) is 0.952. The van der Waals surface area contributed by atoms with Crippen molar-refractivity contribution in [3.8, 4) is 0 Å². The van der Waals surface area contributed by atoms with E-state index in [1.807, 2.05) is 0 Å². The van der Waals surface area contributed by atoms with Crippen molar-refractivity contribution in [1.82, 2.24) is 0 Å². The molecular formula is C6H2F5O5P2S+. The van der Waals surface area contributed by atoms with Crippen LogP contribution < -0.4 is 5.30 Å². The summed E-state index contributed by atoms with van der Waals surface area (Å²) in [7, 11) is -3.47. The van der Waals surface area contributed by atoms with Crippen LogP contribution in [0.25, 0.3) is 0 Å². The Morgan fingerprint density at radius 1 is 1.00 bits per heavy atom. The van der Waals surface area contributed by atoms with Gasteiger partial charge in [-0.3, -0.25) is 0 Å². The molecule has 1 aromatic rings. The maximum atomic E-state index is 13.2. The minimum atomic E-state index is -4.88. The van der Waals surface area contributed by atoms with Gasteiger partial charge in [-0.1, -0.05) is 0 Å². The predicted molar refractivity (Wildman–Crippen MR) is 54.4 cm³/mol. The molecule has 1 aromatic carbocycles. The third kappa shape index (κ3) is 3.32. The highest BCUT2D eigenvalue weighted by Crippen LogP contribution is 2.46. The molecule has 0 bridgehead atoms. The van der Waals surface area contributed by atoms with E-state index in [-0.39, 0.29) is 0 Å². The Hall–Kier alpha value is -0.540. The largest absolute Gasteiger partial charge is 0.726 e. The fourth-order valence-corrected chi connectivity index (χ4v) is 3.03. The van der Waals surface area contributed by atoms with E-state index in [4.69, 9.17) is 4.89 Å². The van der Waals surface area contributed by atoms with Crippen LogP contribution in [0.4, 0.5) is 22.0 Å². The van der Waals surface area contributed by atoms with Gasteiger partial charge in [0.15, 0.2) is 23.3 Å². The first-order chi connectivity index (χ1) is 8.59. The Labute approximate surface area is 107 Å². The molecule has 2 N–H and O–H groups in total. The molecule has 5 nitrogen and oxygen atoms in total. The lowest BCUT2D eigenvalue weighted by Crippen LogP contribution is -2.21. The molecule has 19 heavy (non-hydrogen) atoms. The van der Waals surface area contributed by atoms with Crippen LogP contribution in [0.1, 0.15) is 0 Å². The van der Waals surface area contributed by atoms with Gasteiger partial charge in [0, 0.05) is 4.57 Å². The lowest BCUT2D eigenvalue weighted by Gasteiger charge is -2.13. The van der Waals surface area contributed by atoms with Gasteiger partial charge in [-0.2, -0.15) is 0 Å². The smallest absolute Gasteiger partial charge is 0.340 e. The quantitative estimate of drug-likeness (QED) is 0.217. The van der Waals surface area contributed by atoms with Crippen molar-refractivity contribution < 1.29 is 45.7 Å². The summed E-state index contributed by atoms with van der Waals surface area (Å²) in [6, 6.07) is 0. The van der Waals surface area contributed by atoms with Gasteiger partial charge in [-0.15, -0.1) is 9.57 Å². The lowest BCUT2D eigenvalue weighted by molar-refractivity contribution is -0.0985.